The first kappa shape index (κ1) is 19.6. The zero-order valence-corrected chi connectivity index (χ0v) is 18.9. The number of aromatic nitrogens is 1. The molecular formula is C22H29N5O2S. The third-order valence-electron chi connectivity index (χ3n) is 6.33. The Kier molecular flexibility index (Phi) is 4.67. The van der Waals surface area contributed by atoms with Gasteiger partial charge < -0.3 is 19.9 Å². The summed E-state index contributed by atoms with van der Waals surface area (Å²) in [5.41, 5.74) is 2.82. The van der Waals surface area contributed by atoms with E-state index in [1.807, 2.05) is 13.8 Å². The summed E-state index contributed by atoms with van der Waals surface area (Å²) in [5, 5.41) is 3.95. The average Bonchev–Trinajstić information content (AvgIpc) is 3.32. The minimum absolute atomic E-state index is 0.0175. The Morgan fingerprint density at radius 2 is 2.17 bits per heavy atom. The Hall–Kier alpha value is -2.32. The van der Waals surface area contributed by atoms with Gasteiger partial charge in [-0.1, -0.05) is 11.3 Å². The number of nitrogens with zero attached hydrogens (tertiary/aromatic N) is 4. The molecule has 1 aromatic carbocycles. The average molecular weight is 428 g/mol. The van der Waals surface area contributed by atoms with Crippen LogP contribution < -0.4 is 19.9 Å². The first-order chi connectivity index (χ1) is 14.3. The van der Waals surface area contributed by atoms with Crippen molar-refractivity contribution in [1.29, 1.82) is 0 Å². The van der Waals surface area contributed by atoms with E-state index in [2.05, 4.69) is 52.3 Å². The van der Waals surface area contributed by atoms with E-state index in [0.29, 0.717) is 12.8 Å². The Balaban J connectivity index is 1.45. The molecule has 160 valence electrons. The lowest BCUT2D eigenvalue weighted by Crippen LogP contribution is -2.48. The second-order valence-corrected chi connectivity index (χ2v) is 10.1. The van der Waals surface area contributed by atoms with Crippen molar-refractivity contribution in [1.82, 2.24) is 15.2 Å². The maximum absolute atomic E-state index is 12.5. The molecule has 0 radical (unpaired) electrons. The van der Waals surface area contributed by atoms with Crippen LogP contribution in [0.3, 0.4) is 0 Å². The quantitative estimate of drug-likeness (QED) is 0.812. The highest BCUT2D eigenvalue weighted by Crippen LogP contribution is 2.42. The standard InChI is InChI=1S/C22H29N5O2S/c1-22(2)13-15-19(20(28)24-22)30-21(23-15)27-10-11-29-17-12-14(7-8-16(17)27)26(4)18-6-5-9-25(18)3/h7-8,12,18H,5-6,9-11,13H2,1-4H3,(H,24,28). The first-order valence-electron chi connectivity index (χ1n) is 10.6. The molecule has 2 aromatic rings. The number of likely N-dealkylation sites (tertiary alicyclic amines) is 1. The van der Waals surface area contributed by atoms with E-state index in [9.17, 15) is 4.79 Å². The summed E-state index contributed by atoms with van der Waals surface area (Å²) in [6.45, 7) is 6.55. The van der Waals surface area contributed by atoms with Gasteiger partial charge in [-0.3, -0.25) is 9.69 Å². The summed E-state index contributed by atoms with van der Waals surface area (Å²) in [6, 6.07) is 6.42. The molecule has 3 aliphatic rings. The van der Waals surface area contributed by atoms with Crippen LogP contribution in [0.15, 0.2) is 18.2 Å². The predicted octanol–water partition coefficient (Wildman–Crippen LogP) is 3.23. The third-order valence-corrected chi connectivity index (χ3v) is 7.45. The van der Waals surface area contributed by atoms with Crippen LogP contribution in [0.4, 0.5) is 16.5 Å². The largest absolute Gasteiger partial charge is 0.489 e. The van der Waals surface area contributed by atoms with Gasteiger partial charge in [-0.05, 0) is 52.4 Å². The number of carbonyl (C=O) groups excluding carboxylic acids is 1. The summed E-state index contributed by atoms with van der Waals surface area (Å²) < 4.78 is 6.03. The highest BCUT2D eigenvalue weighted by Gasteiger charge is 2.35. The second kappa shape index (κ2) is 7.13. The van der Waals surface area contributed by atoms with Gasteiger partial charge in [0.05, 0.1) is 24.1 Å². The van der Waals surface area contributed by atoms with Gasteiger partial charge in [-0.25, -0.2) is 4.98 Å². The van der Waals surface area contributed by atoms with Gasteiger partial charge >= 0.3 is 0 Å². The number of ether oxygens (including phenoxy) is 1. The van der Waals surface area contributed by atoms with Crippen molar-refractivity contribution in [2.75, 3.05) is 43.6 Å². The molecule has 1 atom stereocenters. The summed E-state index contributed by atoms with van der Waals surface area (Å²) in [5.74, 6) is 0.861. The van der Waals surface area contributed by atoms with E-state index in [-0.39, 0.29) is 11.4 Å². The molecular weight excluding hydrogens is 398 g/mol. The van der Waals surface area contributed by atoms with Crippen LogP contribution in [0.1, 0.15) is 42.1 Å². The summed E-state index contributed by atoms with van der Waals surface area (Å²) >= 11 is 1.48. The fourth-order valence-corrected chi connectivity index (χ4v) is 5.78. The lowest BCUT2D eigenvalue weighted by Gasteiger charge is -2.34. The lowest BCUT2D eigenvalue weighted by molar-refractivity contribution is 0.0901. The van der Waals surface area contributed by atoms with Crippen LogP contribution >= 0.6 is 11.3 Å². The molecule has 7 nitrogen and oxygen atoms in total. The highest BCUT2D eigenvalue weighted by atomic mass is 32.1. The fraction of sp³-hybridized carbons (Fsp3) is 0.545. The number of hydrogen-bond acceptors (Lipinski definition) is 7. The normalized spacial score (nSPS) is 22.9. The summed E-state index contributed by atoms with van der Waals surface area (Å²) in [6.07, 6.45) is 3.59. The number of amides is 1. The molecule has 3 aliphatic heterocycles. The number of anilines is 3. The minimum Gasteiger partial charge on any atom is -0.489 e. The van der Waals surface area contributed by atoms with Crippen molar-refractivity contribution < 1.29 is 9.53 Å². The smallest absolute Gasteiger partial charge is 0.263 e. The first-order valence-corrected chi connectivity index (χ1v) is 11.4. The highest BCUT2D eigenvalue weighted by molar-refractivity contribution is 7.17. The fourth-order valence-electron chi connectivity index (χ4n) is 4.76. The van der Waals surface area contributed by atoms with Gasteiger partial charge in [0.2, 0.25) is 0 Å². The minimum atomic E-state index is -0.259. The van der Waals surface area contributed by atoms with Gasteiger partial charge in [-0.2, -0.15) is 0 Å². The van der Waals surface area contributed by atoms with Crippen LogP contribution in [0, 0.1) is 0 Å². The molecule has 1 unspecified atom stereocenters. The second-order valence-electron chi connectivity index (χ2n) is 9.15. The van der Waals surface area contributed by atoms with Gasteiger partial charge in [-0.15, -0.1) is 0 Å². The van der Waals surface area contributed by atoms with Crippen LogP contribution in [0.2, 0.25) is 0 Å². The van der Waals surface area contributed by atoms with Gasteiger partial charge in [0.1, 0.15) is 17.2 Å². The van der Waals surface area contributed by atoms with Crippen molar-refractivity contribution in [3.8, 4) is 5.75 Å². The van der Waals surface area contributed by atoms with Crippen molar-refractivity contribution in [3.63, 3.8) is 0 Å². The van der Waals surface area contributed by atoms with Crippen LogP contribution in [-0.2, 0) is 6.42 Å². The number of thiazole rings is 1. The molecule has 30 heavy (non-hydrogen) atoms. The van der Waals surface area contributed by atoms with Crippen molar-refractivity contribution in [2.45, 2.75) is 44.8 Å². The van der Waals surface area contributed by atoms with Crippen molar-refractivity contribution in [2.24, 2.45) is 0 Å². The number of fused-ring (bicyclic) bond motifs is 2. The number of hydrogen-bond donors (Lipinski definition) is 1. The number of carbonyl (C=O) groups is 1. The molecule has 4 heterocycles. The van der Waals surface area contributed by atoms with Crippen LogP contribution in [-0.4, -0.2) is 61.3 Å². The third kappa shape index (κ3) is 3.32. The summed E-state index contributed by atoms with van der Waals surface area (Å²) in [4.78, 5) is 25.0. The Morgan fingerprint density at radius 1 is 1.33 bits per heavy atom. The Morgan fingerprint density at radius 3 is 2.93 bits per heavy atom. The zero-order chi connectivity index (χ0) is 21.0. The Labute approximate surface area is 181 Å². The van der Waals surface area contributed by atoms with Gasteiger partial charge in [0.25, 0.3) is 5.91 Å². The molecule has 1 fully saturated rings. The number of benzene rings is 1. The molecule has 0 spiro atoms. The molecule has 5 rings (SSSR count). The molecule has 1 saturated heterocycles. The zero-order valence-electron chi connectivity index (χ0n) is 18.1. The van der Waals surface area contributed by atoms with E-state index in [1.165, 1.54) is 24.2 Å². The number of nitrogens with one attached hydrogen (secondary N) is 1. The van der Waals surface area contributed by atoms with Crippen LogP contribution in [0.5, 0.6) is 5.75 Å². The topological polar surface area (TPSA) is 60.9 Å². The Bertz CT molecular complexity index is 988. The molecule has 1 amide bonds. The SMILES string of the molecule is CN1CCCC1N(C)c1ccc2c(c1)OCCN2c1nc2c(s1)C(=O)NC(C)(C)C2. The molecule has 1 aromatic heterocycles. The predicted molar refractivity (Wildman–Crippen MR) is 120 cm³/mol. The van der Waals surface area contributed by atoms with Gasteiger partial charge in [0, 0.05) is 30.8 Å². The maximum atomic E-state index is 12.5. The molecule has 1 N–H and O–H groups in total. The monoisotopic (exact) mass is 427 g/mol. The van der Waals surface area contributed by atoms with E-state index >= 15 is 0 Å². The lowest BCUT2D eigenvalue weighted by atomic mass is 9.94. The van der Waals surface area contributed by atoms with Gasteiger partial charge in [0.15, 0.2) is 5.13 Å². The molecule has 0 aliphatic carbocycles. The van der Waals surface area contributed by atoms with E-state index in [4.69, 9.17) is 9.72 Å². The van der Waals surface area contributed by atoms with E-state index in [1.54, 1.807) is 0 Å². The van der Waals surface area contributed by atoms with E-state index in [0.717, 1.165) is 52.3 Å². The maximum Gasteiger partial charge on any atom is 0.263 e. The summed E-state index contributed by atoms with van der Waals surface area (Å²) in [7, 11) is 4.34. The van der Waals surface area contributed by atoms with Crippen LogP contribution in [0.25, 0.3) is 0 Å². The van der Waals surface area contributed by atoms with E-state index < -0.39 is 0 Å². The molecule has 0 bridgehead atoms. The molecule has 0 saturated carbocycles. The molecule has 8 heteroatoms. The number of rotatable bonds is 3. The van der Waals surface area contributed by atoms with Crippen molar-refractivity contribution >= 4 is 33.8 Å². The van der Waals surface area contributed by atoms with Crippen molar-refractivity contribution in [3.05, 3.63) is 28.8 Å².